The molecule has 1 saturated carbocycles. The van der Waals surface area contributed by atoms with Crippen molar-refractivity contribution in [3.05, 3.63) is 0 Å². The van der Waals surface area contributed by atoms with Crippen LogP contribution in [0.25, 0.3) is 0 Å². The molecule has 0 radical (unpaired) electrons. The summed E-state index contributed by atoms with van der Waals surface area (Å²) in [6.07, 6.45) is 9.49. The van der Waals surface area contributed by atoms with E-state index < -0.39 is 0 Å². The summed E-state index contributed by atoms with van der Waals surface area (Å²) in [5, 5.41) is 0.462. The van der Waals surface area contributed by atoms with Gasteiger partial charge >= 0.3 is 0 Å². The number of rotatable bonds is 2. The van der Waals surface area contributed by atoms with Gasteiger partial charge in [0.1, 0.15) is 0 Å². The molecule has 0 aromatic rings. The first-order valence-corrected chi connectivity index (χ1v) is 6.26. The maximum atomic E-state index is 6.27. The van der Waals surface area contributed by atoms with Crippen LogP contribution in [-0.4, -0.2) is 5.38 Å². The first-order valence-electron chi connectivity index (χ1n) is 5.82. The van der Waals surface area contributed by atoms with Crippen LogP contribution < -0.4 is 0 Å². The lowest BCUT2D eigenvalue weighted by atomic mass is 9.85. The zero-order valence-electron chi connectivity index (χ0n) is 9.06. The van der Waals surface area contributed by atoms with Crippen LogP contribution in [0.4, 0.5) is 0 Å². The highest BCUT2D eigenvalue weighted by Crippen LogP contribution is 2.29. The molecule has 0 bridgehead atoms. The van der Waals surface area contributed by atoms with Crippen molar-refractivity contribution < 1.29 is 0 Å². The summed E-state index contributed by atoms with van der Waals surface area (Å²) < 4.78 is 0. The van der Waals surface area contributed by atoms with Gasteiger partial charge in [-0.25, -0.2) is 0 Å². The van der Waals surface area contributed by atoms with E-state index in [4.69, 9.17) is 11.6 Å². The molecule has 0 aromatic heterocycles. The van der Waals surface area contributed by atoms with E-state index >= 15 is 0 Å². The van der Waals surface area contributed by atoms with Crippen LogP contribution in [-0.2, 0) is 0 Å². The lowest BCUT2D eigenvalue weighted by Gasteiger charge is -2.24. The Balaban J connectivity index is 2.32. The molecule has 2 unspecified atom stereocenters. The Morgan fingerprint density at radius 2 is 1.85 bits per heavy atom. The van der Waals surface area contributed by atoms with Gasteiger partial charge in [0.25, 0.3) is 0 Å². The Labute approximate surface area is 88.1 Å². The number of hydrogen-bond donors (Lipinski definition) is 0. The fraction of sp³-hybridized carbons (Fsp3) is 1.00. The zero-order valence-corrected chi connectivity index (χ0v) is 9.82. The van der Waals surface area contributed by atoms with Crippen molar-refractivity contribution in [2.75, 3.05) is 0 Å². The smallest absolute Gasteiger partial charge is 0.0338 e. The number of halogens is 1. The predicted molar refractivity (Wildman–Crippen MR) is 60.3 cm³/mol. The van der Waals surface area contributed by atoms with Gasteiger partial charge < -0.3 is 0 Å². The van der Waals surface area contributed by atoms with Crippen molar-refractivity contribution in [2.45, 2.75) is 64.2 Å². The molecule has 0 amide bonds. The van der Waals surface area contributed by atoms with Gasteiger partial charge in [-0.15, -0.1) is 11.6 Å². The molecule has 0 nitrogen and oxygen atoms in total. The summed E-state index contributed by atoms with van der Waals surface area (Å²) >= 11 is 6.27. The van der Waals surface area contributed by atoms with E-state index in [1.165, 1.54) is 44.9 Å². The molecule has 1 fully saturated rings. The molecule has 0 aliphatic heterocycles. The van der Waals surface area contributed by atoms with Gasteiger partial charge in [-0.3, -0.25) is 0 Å². The van der Waals surface area contributed by atoms with Gasteiger partial charge in [0.2, 0.25) is 0 Å². The molecule has 1 rings (SSSR count). The van der Waals surface area contributed by atoms with Gasteiger partial charge in [0.05, 0.1) is 0 Å². The second kappa shape index (κ2) is 5.90. The number of hydrogen-bond acceptors (Lipinski definition) is 0. The largest absolute Gasteiger partial charge is 0.123 e. The molecule has 78 valence electrons. The van der Waals surface area contributed by atoms with E-state index in [0.717, 1.165) is 11.8 Å². The van der Waals surface area contributed by atoms with Crippen molar-refractivity contribution >= 4 is 11.6 Å². The molecule has 1 heteroatoms. The molecular formula is C12H23Cl. The van der Waals surface area contributed by atoms with Crippen molar-refractivity contribution in [1.82, 2.24) is 0 Å². The number of alkyl halides is 1. The SMILES string of the molecule is CC(C)CC1CCCCCC(Cl)C1. The maximum absolute atomic E-state index is 6.27. The summed E-state index contributed by atoms with van der Waals surface area (Å²) in [6, 6.07) is 0. The van der Waals surface area contributed by atoms with Crippen molar-refractivity contribution in [3.63, 3.8) is 0 Å². The van der Waals surface area contributed by atoms with Crippen LogP contribution >= 0.6 is 11.6 Å². The van der Waals surface area contributed by atoms with Crippen LogP contribution in [0.1, 0.15) is 58.8 Å². The predicted octanol–water partition coefficient (Wildman–Crippen LogP) is 4.61. The molecule has 1 aliphatic rings. The Morgan fingerprint density at radius 1 is 1.15 bits per heavy atom. The fourth-order valence-electron chi connectivity index (χ4n) is 2.45. The third-order valence-corrected chi connectivity index (χ3v) is 3.42. The average molecular weight is 203 g/mol. The molecular weight excluding hydrogens is 180 g/mol. The highest BCUT2D eigenvalue weighted by Gasteiger charge is 2.17. The Morgan fingerprint density at radius 3 is 2.54 bits per heavy atom. The first kappa shape index (κ1) is 11.4. The van der Waals surface area contributed by atoms with Gasteiger partial charge in [0, 0.05) is 5.38 Å². The van der Waals surface area contributed by atoms with E-state index in [-0.39, 0.29) is 0 Å². The van der Waals surface area contributed by atoms with Gasteiger partial charge in [-0.2, -0.15) is 0 Å². The van der Waals surface area contributed by atoms with E-state index in [1.54, 1.807) is 0 Å². The van der Waals surface area contributed by atoms with E-state index in [1.807, 2.05) is 0 Å². The third kappa shape index (κ3) is 4.90. The van der Waals surface area contributed by atoms with E-state index in [9.17, 15) is 0 Å². The van der Waals surface area contributed by atoms with E-state index in [2.05, 4.69) is 13.8 Å². The minimum Gasteiger partial charge on any atom is -0.123 e. The van der Waals surface area contributed by atoms with Crippen molar-refractivity contribution in [1.29, 1.82) is 0 Å². The summed E-state index contributed by atoms with van der Waals surface area (Å²) in [5.74, 6) is 1.75. The molecule has 1 aliphatic carbocycles. The monoisotopic (exact) mass is 202 g/mol. The Bertz CT molecular complexity index is 131. The summed E-state index contributed by atoms with van der Waals surface area (Å²) in [5.41, 5.74) is 0. The van der Waals surface area contributed by atoms with Crippen LogP contribution in [0.15, 0.2) is 0 Å². The molecule has 0 aromatic carbocycles. The zero-order chi connectivity index (χ0) is 9.68. The second-order valence-corrected chi connectivity index (χ2v) is 5.58. The van der Waals surface area contributed by atoms with Crippen LogP contribution in [0.2, 0.25) is 0 Å². The minimum absolute atomic E-state index is 0.462. The van der Waals surface area contributed by atoms with Crippen LogP contribution in [0.3, 0.4) is 0 Å². The van der Waals surface area contributed by atoms with Gasteiger partial charge in [-0.05, 0) is 31.1 Å². The molecule has 0 N–H and O–H groups in total. The second-order valence-electron chi connectivity index (χ2n) is 4.97. The molecule has 0 spiro atoms. The Hall–Kier alpha value is 0.290. The molecule has 13 heavy (non-hydrogen) atoms. The van der Waals surface area contributed by atoms with Crippen LogP contribution in [0.5, 0.6) is 0 Å². The fourth-order valence-corrected chi connectivity index (χ4v) is 2.86. The molecule has 0 saturated heterocycles. The highest BCUT2D eigenvalue weighted by atomic mass is 35.5. The van der Waals surface area contributed by atoms with Crippen molar-refractivity contribution in [3.8, 4) is 0 Å². The first-order chi connectivity index (χ1) is 6.18. The van der Waals surface area contributed by atoms with Crippen LogP contribution in [0, 0.1) is 11.8 Å². The minimum atomic E-state index is 0.462. The lowest BCUT2D eigenvalue weighted by molar-refractivity contribution is 0.326. The van der Waals surface area contributed by atoms with Gasteiger partial charge in [-0.1, -0.05) is 39.5 Å². The highest BCUT2D eigenvalue weighted by molar-refractivity contribution is 6.20. The average Bonchev–Trinajstić information content (AvgIpc) is 1.98. The standard InChI is InChI=1S/C12H23Cl/c1-10(2)8-11-6-4-3-5-7-12(13)9-11/h10-12H,3-9H2,1-2H3. The summed E-state index contributed by atoms with van der Waals surface area (Å²) in [6.45, 7) is 4.64. The molecule has 2 atom stereocenters. The normalized spacial score (nSPS) is 31.4. The third-order valence-electron chi connectivity index (χ3n) is 3.02. The van der Waals surface area contributed by atoms with Gasteiger partial charge in [0.15, 0.2) is 0 Å². The lowest BCUT2D eigenvalue weighted by Crippen LogP contribution is -2.13. The topological polar surface area (TPSA) is 0 Å². The summed E-state index contributed by atoms with van der Waals surface area (Å²) in [7, 11) is 0. The maximum Gasteiger partial charge on any atom is 0.0338 e. The molecule has 0 heterocycles. The Kier molecular flexibility index (Phi) is 5.16. The van der Waals surface area contributed by atoms with E-state index in [0.29, 0.717) is 5.38 Å². The summed E-state index contributed by atoms with van der Waals surface area (Å²) in [4.78, 5) is 0. The quantitative estimate of drug-likeness (QED) is 0.574. The van der Waals surface area contributed by atoms with Crippen molar-refractivity contribution in [2.24, 2.45) is 11.8 Å².